The minimum Gasteiger partial charge on any atom is -0.491 e. The van der Waals surface area contributed by atoms with E-state index in [1.54, 1.807) is 0 Å². The molecule has 0 fully saturated rings. The summed E-state index contributed by atoms with van der Waals surface area (Å²) >= 11 is 2.78. The van der Waals surface area contributed by atoms with E-state index in [0.29, 0.717) is 0 Å². The summed E-state index contributed by atoms with van der Waals surface area (Å²) in [6, 6.07) is 0. The van der Waals surface area contributed by atoms with Crippen LogP contribution in [-0.2, 0) is 31.9 Å². The number of carbonyl (C=O) groups excluding carboxylic acids is 1. The molecule has 2 nitrogen and oxygen atoms in total. The zero-order valence-corrected chi connectivity index (χ0v) is 7.33. The van der Waals surface area contributed by atoms with E-state index in [2.05, 4.69) is 20.7 Å². The first kappa shape index (κ1) is 10.5. The predicted octanol–water partition coefficient (Wildman–Crippen LogP) is 0.714. The summed E-state index contributed by atoms with van der Waals surface area (Å²) in [6.07, 6.45) is 0. The second kappa shape index (κ2) is 6.56. The Balaban J connectivity index is 0. The normalized spacial score (nSPS) is 6.00. The van der Waals surface area contributed by atoms with Crippen molar-refractivity contribution in [3.8, 4) is 0 Å². The zero-order valence-electron chi connectivity index (χ0n) is 3.57. The molecule has 0 unspecified atom stereocenters. The van der Waals surface area contributed by atoms with Crippen molar-refractivity contribution >= 4 is 21.9 Å². The number of carbonyl (C=O) groups is 1. The fraction of sp³-hybridized carbons (Fsp3) is 0.333. The average Bonchev–Trinajstić information content (AvgIpc) is 1.65. The molecule has 0 radical (unpaired) electrons. The Morgan fingerprint density at radius 2 is 2.29 bits per heavy atom. The molecule has 0 aliphatic carbocycles. The summed E-state index contributed by atoms with van der Waals surface area (Å²) in [5.74, 6) is -0.366. The molecule has 0 amide bonds. The van der Waals surface area contributed by atoms with Gasteiger partial charge in [0.2, 0.25) is 0 Å². The number of esters is 1. The first-order chi connectivity index (χ1) is 2.81. The first-order valence-electron chi connectivity index (χ1n) is 1.32. The summed E-state index contributed by atoms with van der Waals surface area (Å²) < 4.78 is 4.16. The number of halogens is 1. The van der Waals surface area contributed by atoms with E-state index in [4.69, 9.17) is 0 Å². The zero-order chi connectivity index (χ0) is 4.99. The smallest absolute Gasteiger partial charge is 0.491 e. The Morgan fingerprint density at radius 1 is 1.86 bits per heavy atom. The van der Waals surface area contributed by atoms with Gasteiger partial charge in [0.1, 0.15) is 0 Å². The molecule has 0 rings (SSSR count). The second-order valence-corrected chi connectivity index (χ2v) is 1.09. The monoisotopic (exact) mass is 348 g/mol. The maximum atomic E-state index is 9.86. The van der Waals surface area contributed by atoms with Crippen LogP contribution in [0.4, 0.5) is 0 Å². The molecule has 7 heavy (non-hydrogen) atoms. The van der Waals surface area contributed by atoms with Crippen LogP contribution in [0.25, 0.3) is 0 Å². The van der Waals surface area contributed by atoms with Gasteiger partial charge in [0, 0.05) is 0 Å². The molecule has 0 atom stereocenters. The fourth-order valence-corrected chi connectivity index (χ4v) is 0.231. The van der Waals surface area contributed by atoms with E-state index >= 15 is 0 Å². The standard InChI is InChI=1S/C3H4BrO2.Au/c1-6-3(5)2-4;/h2H,1H3;/q-1;+1. The van der Waals surface area contributed by atoms with E-state index in [-0.39, 0.29) is 28.3 Å². The summed E-state index contributed by atoms with van der Waals surface area (Å²) in [7, 11) is 1.32. The van der Waals surface area contributed by atoms with Crippen molar-refractivity contribution < 1.29 is 31.9 Å². The second-order valence-electron chi connectivity index (χ2n) is 0.632. The van der Waals surface area contributed by atoms with Gasteiger partial charge in [-0.05, 0) is 0 Å². The molecular weight excluding hydrogens is 345 g/mol. The van der Waals surface area contributed by atoms with E-state index in [9.17, 15) is 4.79 Å². The molecule has 0 aliphatic rings. The third-order valence-electron chi connectivity index (χ3n) is 0.290. The summed E-state index contributed by atoms with van der Waals surface area (Å²) in [6.45, 7) is 0. The summed E-state index contributed by atoms with van der Waals surface area (Å²) in [5, 5.41) is 1.17. The minimum absolute atomic E-state index is 0. The fourth-order valence-electron chi connectivity index (χ4n) is 0.0445. The molecule has 0 aromatic carbocycles. The van der Waals surface area contributed by atoms with Crippen molar-refractivity contribution in [3.05, 3.63) is 5.33 Å². The Morgan fingerprint density at radius 3 is 2.29 bits per heavy atom. The molecular formula is C3H4AuBrO2. The Kier molecular flexibility index (Phi) is 9.86. The van der Waals surface area contributed by atoms with Crippen LogP contribution in [-0.4, -0.2) is 13.1 Å². The van der Waals surface area contributed by atoms with E-state index in [0.717, 1.165) is 0 Å². The van der Waals surface area contributed by atoms with Gasteiger partial charge < -0.3 is 4.74 Å². The van der Waals surface area contributed by atoms with E-state index < -0.39 is 0 Å². The number of hydrogen-bond acceptors (Lipinski definition) is 2. The van der Waals surface area contributed by atoms with Gasteiger partial charge in [0.05, 0.1) is 7.11 Å². The molecule has 0 N–H and O–H groups in total. The molecule has 0 bridgehead atoms. The SMILES string of the molecule is COC(=O)[CH-]Br.[Au+]. The van der Waals surface area contributed by atoms with Crippen molar-refractivity contribution in [2.75, 3.05) is 7.11 Å². The van der Waals surface area contributed by atoms with Gasteiger partial charge in [-0.1, -0.05) is 0 Å². The van der Waals surface area contributed by atoms with Crippen LogP contribution >= 0.6 is 15.9 Å². The van der Waals surface area contributed by atoms with Crippen LogP contribution in [0.2, 0.25) is 0 Å². The van der Waals surface area contributed by atoms with Crippen molar-refractivity contribution in [2.45, 2.75) is 0 Å². The summed E-state index contributed by atoms with van der Waals surface area (Å²) in [4.78, 5) is 9.86. The van der Waals surface area contributed by atoms with Crippen molar-refractivity contribution in [1.82, 2.24) is 0 Å². The maximum absolute atomic E-state index is 9.86. The van der Waals surface area contributed by atoms with Gasteiger partial charge >= 0.3 is 22.4 Å². The van der Waals surface area contributed by atoms with Crippen LogP contribution in [0.1, 0.15) is 0 Å². The van der Waals surface area contributed by atoms with Crippen LogP contribution in [0.3, 0.4) is 0 Å². The molecule has 46 valence electrons. The van der Waals surface area contributed by atoms with Crippen molar-refractivity contribution in [1.29, 1.82) is 0 Å². The Bertz CT molecular complexity index is 50.9. The van der Waals surface area contributed by atoms with Crippen molar-refractivity contribution in [3.63, 3.8) is 0 Å². The molecule has 0 spiro atoms. The molecule has 0 aromatic rings. The summed E-state index contributed by atoms with van der Waals surface area (Å²) in [5.41, 5.74) is 0. The first-order valence-corrected chi connectivity index (χ1v) is 2.24. The van der Waals surface area contributed by atoms with Crippen LogP contribution < -0.4 is 0 Å². The van der Waals surface area contributed by atoms with Gasteiger partial charge in [-0.15, -0.1) is 0 Å². The molecule has 0 saturated carbocycles. The molecule has 0 saturated heterocycles. The quantitative estimate of drug-likeness (QED) is 0.396. The van der Waals surface area contributed by atoms with Gasteiger partial charge in [0.15, 0.2) is 5.97 Å². The van der Waals surface area contributed by atoms with Gasteiger partial charge in [-0.3, -0.25) is 20.7 Å². The van der Waals surface area contributed by atoms with Gasteiger partial charge in [-0.2, -0.15) is 0 Å². The third-order valence-corrected chi connectivity index (χ3v) is 0.664. The number of hydrogen-bond donors (Lipinski definition) is 0. The Hall–Kier alpha value is 0.560. The number of ether oxygens (including phenoxy) is 1. The van der Waals surface area contributed by atoms with Crippen molar-refractivity contribution in [2.24, 2.45) is 0 Å². The number of methoxy groups -OCH3 is 1. The maximum Gasteiger partial charge on any atom is 1.00 e. The van der Waals surface area contributed by atoms with Crippen LogP contribution in [0.15, 0.2) is 0 Å². The molecule has 4 heteroatoms. The Labute approximate surface area is 66.2 Å². The third kappa shape index (κ3) is 6.56. The average molecular weight is 349 g/mol. The minimum atomic E-state index is -0.366. The van der Waals surface area contributed by atoms with Crippen LogP contribution in [0, 0.1) is 5.33 Å². The van der Waals surface area contributed by atoms with E-state index in [1.165, 1.54) is 12.4 Å². The number of rotatable bonds is 1. The van der Waals surface area contributed by atoms with E-state index in [1.807, 2.05) is 0 Å². The molecule has 0 heterocycles. The largest absolute Gasteiger partial charge is 1.00 e. The molecule has 0 aliphatic heterocycles. The van der Waals surface area contributed by atoms with Gasteiger partial charge in [-0.25, -0.2) is 5.33 Å². The molecule has 0 aromatic heterocycles. The van der Waals surface area contributed by atoms with Gasteiger partial charge in [0.25, 0.3) is 0 Å². The van der Waals surface area contributed by atoms with Crippen LogP contribution in [0.5, 0.6) is 0 Å². The predicted molar refractivity (Wildman–Crippen MR) is 25.2 cm³/mol. The topological polar surface area (TPSA) is 26.3 Å².